The molecule has 0 spiro atoms. The van der Waals surface area contributed by atoms with Crippen molar-refractivity contribution in [2.45, 2.75) is 32.1 Å². The number of nitrogens with zero attached hydrogens (tertiary/aromatic N) is 4. The van der Waals surface area contributed by atoms with Crippen LogP contribution in [-0.4, -0.2) is 40.6 Å². The van der Waals surface area contributed by atoms with Gasteiger partial charge in [0.25, 0.3) is 0 Å². The lowest BCUT2D eigenvalue weighted by Crippen LogP contribution is -2.46. The molecule has 0 aromatic heterocycles. The Hall–Kier alpha value is -1.10. The third-order valence-electron chi connectivity index (χ3n) is 2.31. The number of aliphatic imine (C=N–C) groups is 3. The van der Waals surface area contributed by atoms with Gasteiger partial charge >= 0.3 is 0 Å². The van der Waals surface area contributed by atoms with Crippen LogP contribution in [0.3, 0.4) is 0 Å². The van der Waals surface area contributed by atoms with E-state index in [1.165, 1.54) is 0 Å². The fourth-order valence-corrected chi connectivity index (χ4v) is 1.77. The first-order valence-corrected chi connectivity index (χ1v) is 4.85. The minimum absolute atomic E-state index is 0.111. The molecule has 0 amide bonds. The third kappa shape index (κ3) is 1.37. The van der Waals surface area contributed by atoms with Gasteiger partial charge in [-0.05, 0) is 25.4 Å². The highest BCUT2D eigenvalue weighted by atomic mass is 35.5. The molecule has 2 heterocycles. The zero-order valence-corrected chi connectivity index (χ0v) is 8.81. The minimum atomic E-state index is -0.167. The highest BCUT2D eigenvalue weighted by Gasteiger charge is 2.36. The summed E-state index contributed by atoms with van der Waals surface area (Å²) >= 11 is 5.75. The second-order valence-electron chi connectivity index (χ2n) is 3.60. The van der Waals surface area contributed by atoms with Crippen LogP contribution in [-0.2, 0) is 0 Å². The zero-order valence-electron chi connectivity index (χ0n) is 8.05. The molecule has 0 bridgehead atoms. The van der Waals surface area contributed by atoms with Crippen molar-refractivity contribution < 1.29 is 0 Å². The highest BCUT2D eigenvalue weighted by molar-refractivity contribution is 6.65. The molecule has 0 aliphatic carbocycles. The van der Waals surface area contributed by atoms with Gasteiger partial charge in [-0.15, -0.1) is 0 Å². The van der Waals surface area contributed by atoms with Gasteiger partial charge in [-0.25, -0.2) is 9.98 Å². The van der Waals surface area contributed by atoms with Crippen LogP contribution in [0, 0.1) is 0 Å². The SMILES string of the molecule is CC(C)N1C=NC2C(N)=NC(Cl)=NC21. The van der Waals surface area contributed by atoms with Gasteiger partial charge in [-0.2, -0.15) is 0 Å². The average Bonchev–Trinajstić information content (AvgIpc) is 2.47. The maximum absolute atomic E-state index is 5.75. The molecule has 2 atom stereocenters. The molecule has 2 aliphatic rings. The summed E-state index contributed by atoms with van der Waals surface area (Å²) in [5, 5.41) is 0.208. The van der Waals surface area contributed by atoms with Gasteiger partial charge in [0.2, 0.25) is 5.29 Å². The number of hydrogen-bond donors (Lipinski definition) is 1. The highest BCUT2D eigenvalue weighted by Crippen LogP contribution is 2.21. The van der Waals surface area contributed by atoms with E-state index in [0.717, 1.165) is 0 Å². The van der Waals surface area contributed by atoms with Gasteiger partial charge in [0, 0.05) is 6.04 Å². The summed E-state index contributed by atoms with van der Waals surface area (Å²) in [4.78, 5) is 14.4. The third-order valence-corrected chi connectivity index (χ3v) is 2.49. The molecule has 0 radical (unpaired) electrons. The van der Waals surface area contributed by atoms with E-state index in [-0.39, 0.29) is 17.5 Å². The molecule has 0 saturated carbocycles. The standard InChI is InChI=1S/C8H12ClN5/c1-4(2)14-3-11-5-6(10)12-8(9)13-7(5)14/h3-5,7H,1-2H3,(H2,10,12,13). The van der Waals surface area contributed by atoms with E-state index in [2.05, 4.69) is 28.8 Å². The van der Waals surface area contributed by atoms with Gasteiger partial charge < -0.3 is 10.6 Å². The number of amidine groups is 2. The maximum Gasteiger partial charge on any atom is 0.221 e. The normalized spacial score (nSPS) is 30.4. The molecule has 2 rings (SSSR count). The smallest absolute Gasteiger partial charge is 0.221 e. The lowest BCUT2D eigenvalue weighted by atomic mass is 10.2. The van der Waals surface area contributed by atoms with E-state index in [9.17, 15) is 0 Å². The molecular formula is C8H12ClN5. The molecule has 0 aromatic rings. The number of halogens is 1. The Morgan fingerprint density at radius 3 is 2.93 bits per heavy atom. The van der Waals surface area contributed by atoms with Gasteiger partial charge in [0.15, 0.2) is 6.17 Å². The van der Waals surface area contributed by atoms with Crippen molar-refractivity contribution in [1.29, 1.82) is 0 Å². The summed E-state index contributed by atoms with van der Waals surface area (Å²) in [6.07, 6.45) is 1.65. The van der Waals surface area contributed by atoms with E-state index >= 15 is 0 Å². The number of rotatable bonds is 1. The summed E-state index contributed by atoms with van der Waals surface area (Å²) in [5.74, 6) is 0.439. The second-order valence-corrected chi connectivity index (χ2v) is 3.94. The van der Waals surface area contributed by atoms with Gasteiger partial charge in [0.05, 0.1) is 6.34 Å². The van der Waals surface area contributed by atoms with Crippen molar-refractivity contribution in [2.24, 2.45) is 20.7 Å². The van der Waals surface area contributed by atoms with Crippen LogP contribution in [0.2, 0.25) is 0 Å². The van der Waals surface area contributed by atoms with Crippen molar-refractivity contribution in [3.05, 3.63) is 0 Å². The molecule has 2 N–H and O–H groups in total. The Morgan fingerprint density at radius 2 is 2.29 bits per heavy atom. The fourth-order valence-electron chi connectivity index (χ4n) is 1.57. The van der Waals surface area contributed by atoms with Crippen LogP contribution in [0.25, 0.3) is 0 Å². The van der Waals surface area contributed by atoms with Crippen LogP contribution in [0.15, 0.2) is 15.0 Å². The Bertz CT molecular complexity index is 333. The first-order valence-electron chi connectivity index (χ1n) is 4.47. The van der Waals surface area contributed by atoms with Crippen LogP contribution < -0.4 is 5.73 Å². The summed E-state index contributed by atoms with van der Waals surface area (Å²) in [7, 11) is 0. The minimum Gasteiger partial charge on any atom is -0.385 e. The Morgan fingerprint density at radius 1 is 1.57 bits per heavy atom. The molecule has 0 aromatic carbocycles. The van der Waals surface area contributed by atoms with Crippen molar-refractivity contribution >= 4 is 29.1 Å². The summed E-state index contributed by atoms with van der Waals surface area (Å²) in [6, 6.07) is 0.160. The number of hydrogen-bond acceptors (Lipinski definition) is 5. The molecule has 0 fully saturated rings. The second kappa shape index (κ2) is 3.24. The summed E-state index contributed by atoms with van der Waals surface area (Å²) in [5.41, 5.74) is 5.72. The first-order chi connectivity index (χ1) is 6.59. The quantitative estimate of drug-likeness (QED) is 0.641. The van der Waals surface area contributed by atoms with Crippen molar-refractivity contribution in [1.82, 2.24) is 4.90 Å². The van der Waals surface area contributed by atoms with Gasteiger partial charge in [-0.3, -0.25) is 4.99 Å². The van der Waals surface area contributed by atoms with Crippen LogP contribution in [0.4, 0.5) is 0 Å². The van der Waals surface area contributed by atoms with Gasteiger partial charge in [-0.1, -0.05) is 0 Å². The molecule has 14 heavy (non-hydrogen) atoms. The molecule has 2 unspecified atom stereocenters. The molecule has 0 saturated heterocycles. The lowest BCUT2D eigenvalue weighted by molar-refractivity contribution is 0.288. The van der Waals surface area contributed by atoms with E-state index in [4.69, 9.17) is 17.3 Å². The van der Waals surface area contributed by atoms with E-state index in [0.29, 0.717) is 11.9 Å². The van der Waals surface area contributed by atoms with E-state index in [1.807, 2.05) is 4.90 Å². The van der Waals surface area contributed by atoms with Gasteiger partial charge in [0.1, 0.15) is 11.9 Å². The van der Waals surface area contributed by atoms with E-state index < -0.39 is 0 Å². The molecular weight excluding hydrogens is 202 g/mol. The zero-order chi connectivity index (χ0) is 10.3. The number of nitrogens with two attached hydrogens (primary N) is 1. The summed E-state index contributed by atoms with van der Waals surface area (Å²) < 4.78 is 0. The first kappa shape index (κ1) is 9.45. The van der Waals surface area contributed by atoms with Crippen LogP contribution in [0.1, 0.15) is 13.8 Å². The van der Waals surface area contributed by atoms with Crippen molar-refractivity contribution in [3.8, 4) is 0 Å². The molecule has 76 valence electrons. The Kier molecular flexibility index (Phi) is 2.19. The largest absolute Gasteiger partial charge is 0.385 e. The Labute approximate surface area is 87.4 Å². The van der Waals surface area contributed by atoms with Crippen molar-refractivity contribution in [3.63, 3.8) is 0 Å². The molecule has 6 heteroatoms. The fraction of sp³-hybridized carbons (Fsp3) is 0.625. The molecule has 5 nitrogen and oxygen atoms in total. The summed E-state index contributed by atoms with van der Waals surface area (Å²) in [6.45, 7) is 4.14. The Balaban J connectivity index is 2.28. The van der Waals surface area contributed by atoms with Crippen LogP contribution >= 0.6 is 11.6 Å². The van der Waals surface area contributed by atoms with Crippen molar-refractivity contribution in [2.75, 3.05) is 0 Å². The average molecular weight is 214 g/mol. The number of fused-ring (bicyclic) bond motifs is 1. The predicted molar refractivity (Wildman–Crippen MR) is 58.0 cm³/mol. The maximum atomic E-state index is 5.75. The topological polar surface area (TPSA) is 66.3 Å². The van der Waals surface area contributed by atoms with Crippen LogP contribution in [0.5, 0.6) is 0 Å². The molecule has 2 aliphatic heterocycles. The lowest BCUT2D eigenvalue weighted by Gasteiger charge is -2.29. The van der Waals surface area contributed by atoms with E-state index in [1.54, 1.807) is 6.34 Å². The predicted octanol–water partition coefficient (Wildman–Crippen LogP) is 0.399. The monoisotopic (exact) mass is 213 g/mol.